The van der Waals surface area contributed by atoms with Gasteiger partial charge in [-0.3, -0.25) is 0 Å². The highest BCUT2D eigenvalue weighted by Crippen LogP contribution is 2.43. The van der Waals surface area contributed by atoms with E-state index in [9.17, 15) is 8.42 Å². The molecule has 1 atom stereocenters. The number of sulfone groups is 1. The highest BCUT2D eigenvalue weighted by molar-refractivity contribution is 7.92. The second-order valence-corrected chi connectivity index (χ2v) is 8.83. The Hall–Kier alpha value is -1.07. The molecular weight excluding hydrogens is 274 g/mol. The maximum atomic E-state index is 13.0. The van der Waals surface area contributed by atoms with Crippen LogP contribution >= 0.6 is 0 Å². The number of hydrogen-bond donors (Lipinski definition) is 1. The number of nitrogen functional groups attached to an aromatic ring is 1. The molecule has 0 bridgehead atoms. The molecule has 1 aliphatic rings. The molecule has 5 heteroatoms. The van der Waals surface area contributed by atoms with Gasteiger partial charge in [0.05, 0.1) is 21.3 Å². The van der Waals surface area contributed by atoms with Gasteiger partial charge in [-0.25, -0.2) is 8.42 Å². The third-order valence-corrected chi connectivity index (χ3v) is 6.42. The van der Waals surface area contributed by atoms with Crippen molar-refractivity contribution in [1.29, 1.82) is 0 Å². The van der Waals surface area contributed by atoms with E-state index in [2.05, 4.69) is 0 Å². The highest BCUT2D eigenvalue weighted by atomic mass is 32.2. The van der Waals surface area contributed by atoms with Gasteiger partial charge in [-0.2, -0.15) is 0 Å². The van der Waals surface area contributed by atoms with Crippen LogP contribution in [0.15, 0.2) is 23.1 Å². The van der Waals surface area contributed by atoms with Gasteiger partial charge < -0.3 is 10.5 Å². The van der Waals surface area contributed by atoms with Crippen molar-refractivity contribution in [2.24, 2.45) is 0 Å². The van der Waals surface area contributed by atoms with E-state index in [-0.39, 0.29) is 0 Å². The van der Waals surface area contributed by atoms with E-state index in [4.69, 9.17) is 10.5 Å². The van der Waals surface area contributed by atoms with Crippen LogP contribution in [0.25, 0.3) is 0 Å². The molecule has 1 aliphatic heterocycles. The lowest BCUT2D eigenvalue weighted by Crippen LogP contribution is -2.38. The van der Waals surface area contributed by atoms with Gasteiger partial charge >= 0.3 is 0 Å². The van der Waals surface area contributed by atoms with Crippen molar-refractivity contribution in [1.82, 2.24) is 0 Å². The number of rotatable bonds is 2. The molecule has 0 radical (unpaired) electrons. The molecule has 1 unspecified atom stereocenters. The maximum Gasteiger partial charge on any atom is 0.184 e. The third kappa shape index (κ3) is 2.56. The first kappa shape index (κ1) is 15.3. The van der Waals surface area contributed by atoms with Crippen LogP contribution in [0.3, 0.4) is 0 Å². The third-order valence-electron chi connectivity index (χ3n) is 3.89. The lowest BCUT2D eigenvalue weighted by atomic mass is 10.0. The van der Waals surface area contributed by atoms with E-state index >= 15 is 0 Å². The molecule has 4 nitrogen and oxygen atoms in total. The molecule has 1 saturated heterocycles. The Kier molecular flexibility index (Phi) is 3.42. The summed E-state index contributed by atoms with van der Waals surface area (Å²) in [6, 6.07) is 5.01. The minimum Gasteiger partial charge on any atom is -0.399 e. The van der Waals surface area contributed by atoms with Gasteiger partial charge in [0, 0.05) is 5.69 Å². The van der Waals surface area contributed by atoms with E-state index in [1.807, 2.05) is 27.7 Å². The Morgan fingerprint density at radius 3 is 2.35 bits per heavy atom. The van der Waals surface area contributed by atoms with Gasteiger partial charge in [0.25, 0.3) is 0 Å². The van der Waals surface area contributed by atoms with Crippen LogP contribution in [-0.4, -0.2) is 24.9 Å². The molecule has 0 amide bonds. The summed E-state index contributed by atoms with van der Waals surface area (Å²) in [5.41, 5.74) is 5.79. The van der Waals surface area contributed by atoms with E-state index in [1.165, 1.54) is 0 Å². The zero-order valence-corrected chi connectivity index (χ0v) is 13.5. The Morgan fingerprint density at radius 1 is 1.25 bits per heavy atom. The normalized spacial score (nSPS) is 24.8. The average molecular weight is 297 g/mol. The van der Waals surface area contributed by atoms with Crippen molar-refractivity contribution in [3.05, 3.63) is 23.8 Å². The van der Waals surface area contributed by atoms with Gasteiger partial charge in [-0.05, 0) is 58.7 Å². The smallest absolute Gasteiger partial charge is 0.184 e. The Balaban J connectivity index is 2.53. The second kappa shape index (κ2) is 4.46. The van der Waals surface area contributed by atoms with E-state index in [0.717, 1.165) is 5.56 Å². The van der Waals surface area contributed by atoms with Crippen molar-refractivity contribution >= 4 is 15.5 Å². The summed E-state index contributed by atoms with van der Waals surface area (Å²) < 4.78 is 31.9. The molecule has 1 heterocycles. The quantitative estimate of drug-likeness (QED) is 0.852. The van der Waals surface area contributed by atoms with Crippen LogP contribution in [0.2, 0.25) is 0 Å². The van der Waals surface area contributed by atoms with Crippen LogP contribution < -0.4 is 5.73 Å². The SMILES string of the molecule is Cc1ccc(N)cc1S(=O)(=O)C1CC(C)(C)OC1(C)C. The molecule has 0 saturated carbocycles. The molecule has 0 aromatic heterocycles. The monoisotopic (exact) mass is 297 g/mol. The second-order valence-electron chi connectivity index (χ2n) is 6.73. The summed E-state index contributed by atoms with van der Waals surface area (Å²) in [5.74, 6) is 0. The van der Waals surface area contributed by atoms with Gasteiger partial charge in [0.2, 0.25) is 0 Å². The van der Waals surface area contributed by atoms with Crippen LogP contribution in [0.4, 0.5) is 5.69 Å². The zero-order valence-electron chi connectivity index (χ0n) is 12.7. The van der Waals surface area contributed by atoms with Gasteiger partial charge in [-0.1, -0.05) is 6.07 Å². The molecular formula is C15H23NO3S. The maximum absolute atomic E-state index is 13.0. The average Bonchev–Trinajstić information content (AvgIpc) is 2.50. The minimum absolute atomic E-state index is 0.317. The first-order valence-corrected chi connectivity index (χ1v) is 8.30. The van der Waals surface area contributed by atoms with E-state index < -0.39 is 26.3 Å². The van der Waals surface area contributed by atoms with Crippen LogP contribution in [0, 0.1) is 6.92 Å². The van der Waals surface area contributed by atoms with Crippen LogP contribution in [0.1, 0.15) is 39.7 Å². The zero-order chi connectivity index (χ0) is 15.3. The molecule has 0 spiro atoms. The number of benzene rings is 1. The van der Waals surface area contributed by atoms with Crippen molar-refractivity contribution in [3.63, 3.8) is 0 Å². The fourth-order valence-electron chi connectivity index (χ4n) is 3.07. The molecule has 2 N–H and O–H groups in total. The van der Waals surface area contributed by atoms with E-state index in [1.54, 1.807) is 25.1 Å². The first-order chi connectivity index (χ1) is 8.96. The first-order valence-electron chi connectivity index (χ1n) is 6.76. The van der Waals surface area contributed by atoms with Gasteiger partial charge in [-0.15, -0.1) is 0 Å². The summed E-state index contributed by atoms with van der Waals surface area (Å²) >= 11 is 0. The lowest BCUT2D eigenvalue weighted by molar-refractivity contribution is -0.0635. The highest BCUT2D eigenvalue weighted by Gasteiger charge is 2.52. The molecule has 1 fully saturated rings. The van der Waals surface area contributed by atoms with E-state index in [0.29, 0.717) is 17.0 Å². The van der Waals surface area contributed by atoms with Crippen molar-refractivity contribution in [2.45, 2.75) is 62.4 Å². The summed E-state index contributed by atoms with van der Waals surface area (Å²) in [6.45, 7) is 9.32. The van der Waals surface area contributed by atoms with Crippen molar-refractivity contribution < 1.29 is 13.2 Å². The summed E-state index contributed by atoms with van der Waals surface area (Å²) in [7, 11) is -3.48. The predicted molar refractivity (Wildman–Crippen MR) is 80.4 cm³/mol. The molecule has 2 rings (SSSR count). The largest absolute Gasteiger partial charge is 0.399 e. The molecule has 1 aromatic rings. The number of hydrogen-bond acceptors (Lipinski definition) is 4. The van der Waals surface area contributed by atoms with Crippen molar-refractivity contribution in [2.75, 3.05) is 5.73 Å². The fourth-order valence-corrected chi connectivity index (χ4v) is 5.61. The predicted octanol–water partition coefficient (Wildman–Crippen LogP) is 2.70. The molecule has 0 aliphatic carbocycles. The Bertz CT molecular complexity index is 633. The Labute approximate surface area is 121 Å². The number of anilines is 1. The summed E-state index contributed by atoms with van der Waals surface area (Å²) in [5, 5.41) is -0.564. The van der Waals surface area contributed by atoms with Crippen LogP contribution in [0.5, 0.6) is 0 Å². The van der Waals surface area contributed by atoms with Gasteiger partial charge in [0.1, 0.15) is 0 Å². The topological polar surface area (TPSA) is 69.4 Å². The van der Waals surface area contributed by atoms with Crippen molar-refractivity contribution in [3.8, 4) is 0 Å². The van der Waals surface area contributed by atoms with Gasteiger partial charge in [0.15, 0.2) is 9.84 Å². The number of ether oxygens (including phenoxy) is 1. The number of aryl methyl sites for hydroxylation is 1. The summed E-state index contributed by atoms with van der Waals surface area (Å²) in [4.78, 5) is 0.317. The number of nitrogens with two attached hydrogens (primary N) is 1. The molecule has 20 heavy (non-hydrogen) atoms. The molecule has 1 aromatic carbocycles. The van der Waals surface area contributed by atoms with Crippen LogP contribution in [-0.2, 0) is 14.6 Å². The Morgan fingerprint density at radius 2 is 1.85 bits per heavy atom. The fraction of sp³-hybridized carbons (Fsp3) is 0.600. The minimum atomic E-state index is -3.48. The standard InChI is InChI=1S/C15H23NO3S/c1-10-6-7-11(16)8-12(10)20(17,18)13-9-14(2,3)19-15(13,4)5/h6-8,13H,9,16H2,1-5H3. The lowest BCUT2D eigenvalue weighted by Gasteiger charge is -2.27. The molecule has 112 valence electrons. The summed E-state index contributed by atoms with van der Waals surface area (Å²) in [6.07, 6.45) is 0.483.